The number of benzene rings is 1. The van der Waals surface area contributed by atoms with Crippen LogP contribution in [-0.4, -0.2) is 37.6 Å². The summed E-state index contributed by atoms with van der Waals surface area (Å²) in [6.07, 6.45) is -0.0293. The molecule has 0 spiro atoms. The van der Waals surface area contributed by atoms with Gasteiger partial charge in [0.1, 0.15) is 6.10 Å². The second kappa shape index (κ2) is 5.83. The van der Waals surface area contributed by atoms with Crippen LogP contribution in [0.15, 0.2) is 18.2 Å². The molecule has 1 aromatic carbocycles. The first-order valence-corrected chi connectivity index (χ1v) is 7.19. The minimum atomic E-state index is -0.432. The van der Waals surface area contributed by atoms with Gasteiger partial charge in [0.2, 0.25) is 5.91 Å². The van der Waals surface area contributed by atoms with Gasteiger partial charge in [-0.05, 0) is 24.1 Å². The van der Waals surface area contributed by atoms with Crippen molar-refractivity contribution in [3.63, 3.8) is 0 Å². The van der Waals surface area contributed by atoms with Gasteiger partial charge >= 0.3 is 0 Å². The summed E-state index contributed by atoms with van der Waals surface area (Å²) < 4.78 is 5.44. The van der Waals surface area contributed by atoms with E-state index in [1.54, 1.807) is 0 Å². The van der Waals surface area contributed by atoms with Crippen molar-refractivity contribution in [2.75, 3.05) is 25.0 Å². The van der Waals surface area contributed by atoms with Crippen LogP contribution in [0, 0.1) is 0 Å². The van der Waals surface area contributed by atoms with Crippen molar-refractivity contribution < 1.29 is 14.3 Å². The number of anilines is 1. The maximum atomic E-state index is 12.1. The summed E-state index contributed by atoms with van der Waals surface area (Å²) in [5.74, 6) is -0.0927. The fourth-order valence-electron chi connectivity index (χ4n) is 2.64. The van der Waals surface area contributed by atoms with Crippen molar-refractivity contribution in [1.82, 2.24) is 10.6 Å². The van der Waals surface area contributed by atoms with E-state index in [1.165, 1.54) is 0 Å². The first kappa shape index (κ1) is 14.0. The van der Waals surface area contributed by atoms with E-state index >= 15 is 0 Å². The lowest BCUT2D eigenvalue weighted by Crippen LogP contribution is -2.48. The summed E-state index contributed by atoms with van der Waals surface area (Å²) >= 11 is 0. The van der Waals surface area contributed by atoms with Crippen LogP contribution in [0.1, 0.15) is 24.1 Å². The largest absolute Gasteiger partial charge is 0.366 e. The molecule has 0 saturated carbocycles. The van der Waals surface area contributed by atoms with E-state index in [4.69, 9.17) is 4.74 Å². The Morgan fingerprint density at radius 3 is 3.10 bits per heavy atom. The molecule has 2 aliphatic heterocycles. The number of carbonyl (C=O) groups excluding carboxylic acids is 2. The number of morpholine rings is 1. The van der Waals surface area contributed by atoms with E-state index in [0.29, 0.717) is 19.6 Å². The van der Waals surface area contributed by atoms with Crippen LogP contribution in [0.4, 0.5) is 5.69 Å². The Morgan fingerprint density at radius 2 is 2.33 bits per heavy atom. The highest BCUT2D eigenvalue weighted by Gasteiger charge is 2.24. The quantitative estimate of drug-likeness (QED) is 0.750. The Hall–Kier alpha value is -1.92. The highest BCUT2D eigenvalue weighted by molar-refractivity contribution is 5.99. The summed E-state index contributed by atoms with van der Waals surface area (Å²) in [5.41, 5.74) is 2.83. The van der Waals surface area contributed by atoms with Crippen molar-refractivity contribution in [2.24, 2.45) is 0 Å². The minimum Gasteiger partial charge on any atom is -0.366 e. The van der Waals surface area contributed by atoms with Gasteiger partial charge in [-0.25, -0.2) is 0 Å². The molecule has 0 radical (unpaired) electrons. The minimum absolute atomic E-state index is 0.0144. The third-order valence-electron chi connectivity index (χ3n) is 3.83. The van der Waals surface area contributed by atoms with E-state index in [9.17, 15) is 9.59 Å². The van der Waals surface area contributed by atoms with Crippen LogP contribution in [0.5, 0.6) is 0 Å². The molecule has 0 aliphatic carbocycles. The zero-order chi connectivity index (χ0) is 14.8. The molecule has 6 nitrogen and oxygen atoms in total. The van der Waals surface area contributed by atoms with Gasteiger partial charge in [-0.15, -0.1) is 0 Å². The van der Waals surface area contributed by atoms with E-state index in [-0.39, 0.29) is 17.9 Å². The van der Waals surface area contributed by atoms with Crippen LogP contribution in [0.2, 0.25) is 0 Å². The summed E-state index contributed by atoms with van der Waals surface area (Å²) in [4.78, 5) is 23.5. The number of fused-ring (bicyclic) bond motifs is 1. The SMILES string of the molecule is CC(NC(=O)C1CNCCO1)c1ccc2c(c1)CC(=O)N2. The maximum Gasteiger partial charge on any atom is 0.250 e. The number of nitrogens with one attached hydrogen (secondary N) is 3. The Kier molecular flexibility index (Phi) is 3.90. The number of ether oxygens (including phenoxy) is 1. The molecule has 2 atom stereocenters. The predicted molar refractivity (Wildman–Crippen MR) is 77.9 cm³/mol. The third-order valence-corrected chi connectivity index (χ3v) is 3.83. The van der Waals surface area contributed by atoms with Gasteiger partial charge in [0, 0.05) is 18.8 Å². The molecule has 0 aromatic heterocycles. The highest BCUT2D eigenvalue weighted by Crippen LogP contribution is 2.26. The van der Waals surface area contributed by atoms with Gasteiger partial charge in [0.15, 0.2) is 0 Å². The van der Waals surface area contributed by atoms with Crippen molar-refractivity contribution in [2.45, 2.75) is 25.5 Å². The molecular formula is C15H19N3O3. The molecule has 2 aliphatic rings. The van der Waals surface area contributed by atoms with Crippen LogP contribution in [0.25, 0.3) is 0 Å². The zero-order valence-corrected chi connectivity index (χ0v) is 11.9. The Morgan fingerprint density at radius 1 is 1.48 bits per heavy atom. The van der Waals surface area contributed by atoms with Gasteiger partial charge in [-0.1, -0.05) is 12.1 Å². The fourth-order valence-corrected chi connectivity index (χ4v) is 2.64. The maximum absolute atomic E-state index is 12.1. The van der Waals surface area contributed by atoms with Gasteiger partial charge in [0.05, 0.1) is 19.1 Å². The monoisotopic (exact) mass is 289 g/mol. The van der Waals surface area contributed by atoms with Gasteiger partial charge < -0.3 is 20.7 Å². The molecule has 1 aromatic rings. The Bertz CT molecular complexity index is 567. The molecule has 0 bridgehead atoms. The lowest BCUT2D eigenvalue weighted by Gasteiger charge is -2.24. The van der Waals surface area contributed by atoms with Crippen LogP contribution >= 0.6 is 0 Å². The third kappa shape index (κ3) is 3.06. The molecular weight excluding hydrogens is 270 g/mol. The Balaban J connectivity index is 1.65. The number of carbonyl (C=O) groups is 2. The van der Waals surface area contributed by atoms with Crippen LogP contribution in [-0.2, 0) is 20.7 Å². The van der Waals surface area contributed by atoms with Gasteiger partial charge in [-0.3, -0.25) is 9.59 Å². The summed E-state index contributed by atoms with van der Waals surface area (Å²) in [6, 6.07) is 5.66. The average molecular weight is 289 g/mol. The molecule has 6 heteroatoms. The number of rotatable bonds is 3. The van der Waals surface area contributed by atoms with Crippen molar-refractivity contribution in [1.29, 1.82) is 0 Å². The highest BCUT2D eigenvalue weighted by atomic mass is 16.5. The Labute approximate surface area is 123 Å². The topological polar surface area (TPSA) is 79.5 Å². The number of hydrogen-bond acceptors (Lipinski definition) is 4. The molecule has 21 heavy (non-hydrogen) atoms. The molecule has 2 heterocycles. The summed E-state index contributed by atoms with van der Waals surface area (Å²) in [7, 11) is 0. The van der Waals surface area contributed by atoms with Crippen LogP contribution < -0.4 is 16.0 Å². The van der Waals surface area contributed by atoms with E-state index in [0.717, 1.165) is 23.4 Å². The van der Waals surface area contributed by atoms with E-state index in [1.807, 2.05) is 25.1 Å². The zero-order valence-electron chi connectivity index (χ0n) is 11.9. The molecule has 1 fully saturated rings. The lowest BCUT2D eigenvalue weighted by atomic mass is 10.0. The lowest BCUT2D eigenvalue weighted by molar-refractivity contribution is -0.134. The van der Waals surface area contributed by atoms with Crippen LogP contribution in [0.3, 0.4) is 0 Å². The normalized spacial score (nSPS) is 22.3. The van der Waals surface area contributed by atoms with Crippen molar-refractivity contribution in [3.05, 3.63) is 29.3 Å². The van der Waals surface area contributed by atoms with E-state index in [2.05, 4.69) is 16.0 Å². The molecule has 3 rings (SSSR count). The first-order chi connectivity index (χ1) is 10.1. The van der Waals surface area contributed by atoms with Crippen molar-refractivity contribution in [3.8, 4) is 0 Å². The second-order valence-corrected chi connectivity index (χ2v) is 5.44. The first-order valence-electron chi connectivity index (χ1n) is 7.19. The molecule has 112 valence electrons. The smallest absolute Gasteiger partial charge is 0.250 e. The molecule has 2 unspecified atom stereocenters. The number of amides is 2. The van der Waals surface area contributed by atoms with Gasteiger partial charge in [-0.2, -0.15) is 0 Å². The molecule has 3 N–H and O–H groups in total. The van der Waals surface area contributed by atoms with Gasteiger partial charge in [0.25, 0.3) is 5.91 Å². The molecule has 2 amide bonds. The summed E-state index contributed by atoms with van der Waals surface area (Å²) in [5, 5.41) is 8.90. The van der Waals surface area contributed by atoms with Crippen molar-refractivity contribution >= 4 is 17.5 Å². The number of hydrogen-bond donors (Lipinski definition) is 3. The summed E-state index contributed by atoms with van der Waals surface area (Å²) in [6.45, 7) is 3.81. The fraction of sp³-hybridized carbons (Fsp3) is 0.467. The second-order valence-electron chi connectivity index (χ2n) is 5.44. The molecule has 1 saturated heterocycles. The predicted octanol–water partition coefficient (Wildman–Crippen LogP) is 0.347. The average Bonchev–Trinajstić information content (AvgIpc) is 2.87. The van der Waals surface area contributed by atoms with E-state index < -0.39 is 6.10 Å². The standard InChI is InChI=1S/C15H19N3O3/c1-9(17-15(20)13-8-16-4-5-21-13)10-2-3-12-11(6-10)7-14(19)18-12/h2-3,6,9,13,16H,4-5,7-8H2,1H3,(H,17,20)(H,18,19).